The van der Waals surface area contributed by atoms with E-state index >= 15 is 0 Å². The van der Waals surface area contributed by atoms with Gasteiger partial charge in [-0.15, -0.1) is 0 Å². The molecule has 4 aromatic rings. The number of nitrogens with one attached hydrogen (secondary N) is 3. The first-order chi connectivity index (χ1) is 13.6. The monoisotopic (exact) mass is 392 g/mol. The molecule has 0 saturated carbocycles. The van der Waals surface area contributed by atoms with Crippen LogP contribution in [0.5, 0.6) is 0 Å². The van der Waals surface area contributed by atoms with Crippen LogP contribution in [-0.4, -0.2) is 25.6 Å². The summed E-state index contributed by atoms with van der Waals surface area (Å²) in [7, 11) is 0. The Hall–Kier alpha value is -2.93. The number of benzene rings is 2. The van der Waals surface area contributed by atoms with Gasteiger partial charge in [0.05, 0.1) is 16.6 Å². The van der Waals surface area contributed by atoms with Crippen LogP contribution in [0.15, 0.2) is 42.7 Å². The summed E-state index contributed by atoms with van der Waals surface area (Å²) in [5.74, 6) is 0.815. The molecule has 0 amide bonds. The third-order valence-corrected chi connectivity index (χ3v) is 5.08. The van der Waals surface area contributed by atoms with E-state index in [1.54, 1.807) is 6.33 Å². The third-order valence-electron chi connectivity index (χ3n) is 4.75. The average Bonchev–Trinajstić information content (AvgIpc) is 2.99. The van der Waals surface area contributed by atoms with Crippen molar-refractivity contribution in [2.75, 3.05) is 10.6 Å². The van der Waals surface area contributed by atoms with E-state index < -0.39 is 0 Å². The van der Waals surface area contributed by atoms with Gasteiger partial charge in [0.15, 0.2) is 4.77 Å². The number of H-pyrrole nitrogens is 1. The molecule has 2 heterocycles. The first-order valence-corrected chi connectivity index (χ1v) is 9.93. The molecule has 0 atom stereocenters. The maximum atomic E-state index is 5.44. The summed E-state index contributed by atoms with van der Waals surface area (Å²) in [5, 5.41) is 7.95. The molecule has 0 radical (unpaired) electrons. The molecule has 0 aliphatic carbocycles. The summed E-state index contributed by atoms with van der Waals surface area (Å²) >= 11 is 5.44. The molecule has 0 fully saturated rings. The van der Waals surface area contributed by atoms with Crippen LogP contribution < -0.4 is 10.6 Å². The van der Waals surface area contributed by atoms with Crippen molar-refractivity contribution in [3.63, 3.8) is 0 Å². The number of hydrogen-bond acceptors (Lipinski definition) is 5. The minimum atomic E-state index is 0.375. The normalized spacial score (nSPS) is 11.4. The molecular weight excluding hydrogens is 368 g/mol. The van der Waals surface area contributed by atoms with Crippen molar-refractivity contribution in [1.82, 2.24) is 19.5 Å². The Bertz CT molecular complexity index is 1190. The highest BCUT2D eigenvalue weighted by molar-refractivity contribution is 7.71. The zero-order valence-electron chi connectivity index (χ0n) is 16.3. The van der Waals surface area contributed by atoms with Crippen LogP contribution in [0.4, 0.5) is 11.5 Å². The molecule has 2 aromatic heterocycles. The number of aromatic nitrogens is 4. The van der Waals surface area contributed by atoms with Crippen LogP contribution >= 0.6 is 12.2 Å². The molecule has 0 spiro atoms. The van der Waals surface area contributed by atoms with E-state index in [1.807, 2.05) is 6.07 Å². The van der Waals surface area contributed by atoms with Crippen LogP contribution in [0, 0.1) is 4.77 Å². The number of rotatable bonds is 6. The van der Waals surface area contributed by atoms with E-state index in [2.05, 4.69) is 81.3 Å². The van der Waals surface area contributed by atoms with Crippen molar-refractivity contribution >= 4 is 45.7 Å². The summed E-state index contributed by atoms with van der Waals surface area (Å²) in [6.45, 7) is 7.86. The van der Waals surface area contributed by atoms with Gasteiger partial charge in [-0.2, -0.15) is 0 Å². The lowest BCUT2D eigenvalue weighted by atomic mass is 10.1. The Morgan fingerprint density at radius 2 is 2.00 bits per heavy atom. The average molecular weight is 393 g/mol. The highest BCUT2D eigenvalue weighted by atomic mass is 32.1. The van der Waals surface area contributed by atoms with Gasteiger partial charge in [-0.05, 0) is 56.8 Å². The first kappa shape index (κ1) is 18.4. The van der Waals surface area contributed by atoms with Crippen molar-refractivity contribution in [1.29, 1.82) is 0 Å². The number of nitrogens with zero attached hydrogens (tertiary/aromatic N) is 3. The maximum Gasteiger partial charge on any atom is 0.178 e. The molecule has 3 N–H and O–H groups in total. The van der Waals surface area contributed by atoms with Crippen LogP contribution in [0.25, 0.3) is 21.9 Å². The predicted octanol–water partition coefficient (Wildman–Crippen LogP) is 5.09. The van der Waals surface area contributed by atoms with Crippen molar-refractivity contribution in [3.8, 4) is 0 Å². The molecule has 0 bridgehead atoms. The van der Waals surface area contributed by atoms with Gasteiger partial charge >= 0.3 is 0 Å². The Labute approximate surface area is 169 Å². The minimum absolute atomic E-state index is 0.375. The summed E-state index contributed by atoms with van der Waals surface area (Å²) in [6.07, 6.45) is 1.60. The number of hydrogen-bond donors (Lipinski definition) is 3. The minimum Gasteiger partial charge on any atom is -0.383 e. The lowest BCUT2D eigenvalue weighted by Gasteiger charge is -2.16. The first-order valence-electron chi connectivity index (χ1n) is 9.52. The number of imidazole rings is 1. The zero-order valence-corrected chi connectivity index (χ0v) is 17.1. The Balaban J connectivity index is 1.70. The van der Waals surface area contributed by atoms with Crippen LogP contribution in [0.2, 0.25) is 0 Å². The Morgan fingerprint density at radius 3 is 2.79 bits per heavy atom. The predicted molar refractivity (Wildman–Crippen MR) is 118 cm³/mol. The van der Waals surface area contributed by atoms with Crippen LogP contribution in [-0.2, 0) is 13.1 Å². The highest BCUT2D eigenvalue weighted by Crippen LogP contribution is 2.26. The number of fused-ring (bicyclic) bond motifs is 2. The summed E-state index contributed by atoms with van der Waals surface area (Å²) in [5.41, 5.74) is 5.29. The second-order valence-electron chi connectivity index (χ2n) is 7.09. The van der Waals surface area contributed by atoms with E-state index in [9.17, 15) is 0 Å². The smallest absolute Gasteiger partial charge is 0.178 e. The van der Waals surface area contributed by atoms with Crippen molar-refractivity contribution in [2.45, 2.75) is 39.9 Å². The van der Waals surface area contributed by atoms with E-state index in [-0.39, 0.29) is 0 Å². The van der Waals surface area contributed by atoms with Crippen molar-refractivity contribution in [3.05, 3.63) is 53.1 Å². The van der Waals surface area contributed by atoms with Gasteiger partial charge in [0, 0.05) is 30.2 Å². The largest absolute Gasteiger partial charge is 0.383 e. The molecule has 0 aliphatic rings. The van der Waals surface area contributed by atoms with Gasteiger partial charge in [-0.25, -0.2) is 9.97 Å². The second-order valence-corrected chi connectivity index (χ2v) is 7.48. The highest BCUT2D eigenvalue weighted by Gasteiger charge is 2.10. The third kappa shape index (κ3) is 3.45. The second kappa shape index (κ2) is 7.59. The van der Waals surface area contributed by atoms with Gasteiger partial charge in [0.1, 0.15) is 12.1 Å². The number of para-hydroxylation sites is 1. The van der Waals surface area contributed by atoms with Gasteiger partial charge in [-0.3, -0.25) is 0 Å². The van der Waals surface area contributed by atoms with E-state index in [0.717, 1.165) is 44.8 Å². The zero-order chi connectivity index (χ0) is 19.7. The van der Waals surface area contributed by atoms with Crippen molar-refractivity contribution in [2.24, 2.45) is 0 Å². The van der Waals surface area contributed by atoms with E-state index in [1.165, 1.54) is 5.56 Å². The fourth-order valence-corrected chi connectivity index (χ4v) is 3.81. The van der Waals surface area contributed by atoms with Crippen LogP contribution in [0.3, 0.4) is 0 Å². The topological polar surface area (TPSA) is 70.6 Å². The summed E-state index contributed by atoms with van der Waals surface area (Å²) in [6, 6.07) is 12.8. The van der Waals surface area contributed by atoms with Gasteiger partial charge in [0.2, 0.25) is 0 Å². The fourth-order valence-electron chi connectivity index (χ4n) is 3.47. The standard InChI is InChI=1S/C21H24N6S/c1-4-27-19-10-17-15(9-18(19)26-21(27)28)20(24-12-23-17)22-11-14-7-5-6-8-16(14)25-13(2)3/h5-10,12-13,25H,4,11H2,1-3H3,(H,26,28)(H,22,23,24). The lowest BCUT2D eigenvalue weighted by molar-refractivity contribution is 0.774. The molecule has 6 nitrogen and oxygen atoms in total. The molecule has 7 heteroatoms. The van der Waals surface area contributed by atoms with Gasteiger partial charge in [-0.1, -0.05) is 18.2 Å². The van der Waals surface area contributed by atoms with Gasteiger partial charge in [0.25, 0.3) is 0 Å². The molecule has 4 rings (SSSR count). The molecule has 0 aliphatic heterocycles. The number of aryl methyl sites for hydroxylation is 1. The number of aromatic amines is 1. The van der Waals surface area contributed by atoms with E-state index in [0.29, 0.717) is 12.6 Å². The van der Waals surface area contributed by atoms with Gasteiger partial charge < -0.3 is 20.2 Å². The Kier molecular flexibility index (Phi) is 5.00. The molecule has 144 valence electrons. The number of anilines is 2. The van der Waals surface area contributed by atoms with Crippen molar-refractivity contribution < 1.29 is 0 Å². The molecular formula is C21H24N6S. The Morgan fingerprint density at radius 1 is 1.18 bits per heavy atom. The quantitative estimate of drug-likeness (QED) is 0.399. The summed E-state index contributed by atoms with van der Waals surface area (Å²) in [4.78, 5) is 12.2. The van der Waals surface area contributed by atoms with Crippen LogP contribution in [0.1, 0.15) is 26.3 Å². The molecule has 2 aromatic carbocycles. The molecule has 28 heavy (non-hydrogen) atoms. The summed E-state index contributed by atoms with van der Waals surface area (Å²) < 4.78 is 2.80. The molecule has 0 unspecified atom stereocenters. The lowest BCUT2D eigenvalue weighted by Crippen LogP contribution is -2.13. The van der Waals surface area contributed by atoms with E-state index in [4.69, 9.17) is 12.2 Å². The maximum absolute atomic E-state index is 5.44. The SMILES string of the molecule is CCn1c(=S)[nH]c2cc3c(NCc4ccccc4NC(C)C)ncnc3cc21. The molecule has 0 saturated heterocycles. The fraction of sp³-hybridized carbons (Fsp3) is 0.286.